The van der Waals surface area contributed by atoms with Crippen LogP contribution in [-0.4, -0.2) is 29.4 Å². The Hall–Kier alpha value is -0.140. The van der Waals surface area contributed by atoms with Gasteiger partial charge in [0.15, 0.2) is 0 Å². The lowest BCUT2D eigenvalue weighted by molar-refractivity contribution is -0.324. The van der Waals surface area contributed by atoms with Gasteiger partial charge in [-0.3, -0.25) is 9.26 Å². The van der Waals surface area contributed by atoms with Gasteiger partial charge in [0.05, 0.1) is 13.2 Å². The Labute approximate surface area is 71.7 Å². The average molecular weight is 224 g/mol. The van der Waals surface area contributed by atoms with Crippen LogP contribution in [0.2, 0.25) is 0 Å². The second-order valence-corrected chi connectivity index (χ2v) is 3.21. The highest BCUT2D eigenvalue weighted by Gasteiger charge is 2.28. The summed E-state index contributed by atoms with van der Waals surface area (Å²) >= 11 is 0. The van der Waals surface area contributed by atoms with Crippen LogP contribution >= 0.6 is 7.82 Å². The fourth-order valence-electron chi connectivity index (χ4n) is 0.430. The van der Waals surface area contributed by atoms with Crippen molar-refractivity contribution < 1.29 is 36.8 Å². The Bertz CT molecular complexity index is 187. The van der Waals surface area contributed by atoms with Gasteiger partial charge in [-0.2, -0.15) is 0 Å². The first-order valence-electron chi connectivity index (χ1n) is 3.11. The third kappa shape index (κ3) is 11.9. The molecule has 0 aliphatic heterocycles. The van der Waals surface area contributed by atoms with E-state index in [-0.39, 0.29) is 6.42 Å². The minimum absolute atomic E-state index is 0.245. The van der Waals surface area contributed by atoms with Crippen molar-refractivity contribution in [2.45, 2.75) is 12.8 Å². The summed E-state index contributed by atoms with van der Waals surface area (Å²) in [5.74, 6) is 0. The zero-order valence-electron chi connectivity index (χ0n) is 6.32. The summed E-state index contributed by atoms with van der Waals surface area (Å²) in [6.45, 7) is -1.18. The number of rotatable bonds is 5. The molecule has 0 radical (unpaired) electrons. The van der Waals surface area contributed by atoms with E-state index in [2.05, 4.69) is 9.26 Å². The Morgan fingerprint density at radius 1 is 1.23 bits per heavy atom. The topological polar surface area (TPSA) is 76.0 Å². The zero-order chi connectivity index (χ0) is 10.5. The molecule has 13 heavy (non-hydrogen) atoms. The summed E-state index contributed by atoms with van der Waals surface area (Å²) in [5, 5.41) is 0. The first kappa shape index (κ1) is 12.9. The predicted octanol–water partition coefficient (Wildman–Crippen LogP) is 1.02. The van der Waals surface area contributed by atoms with Gasteiger partial charge >= 0.3 is 14.2 Å². The molecule has 0 atom stereocenters. The van der Waals surface area contributed by atoms with Crippen LogP contribution < -0.4 is 0 Å². The lowest BCUT2D eigenvalue weighted by Crippen LogP contribution is -2.15. The number of alkyl halides is 3. The van der Waals surface area contributed by atoms with Crippen molar-refractivity contribution in [3.63, 3.8) is 0 Å². The van der Waals surface area contributed by atoms with Crippen LogP contribution in [0.15, 0.2) is 0 Å². The maximum absolute atomic E-state index is 11.3. The van der Waals surface area contributed by atoms with E-state index in [9.17, 15) is 17.7 Å². The van der Waals surface area contributed by atoms with Crippen LogP contribution in [0.4, 0.5) is 13.2 Å². The molecule has 0 spiro atoms. The molecule has 0 saturated carbocycles. The number of phosphoric ester groups is 1. The van der Waals surface area contributed by atoms with Crippen LogP contribution in [0.5, 0.6) is 0 Å². The molecule has 80 valence electrons. The molecule has 0 heterocycles. The fourth-order valence-corrected chi connectivity index (χ4v) is 0.797. The zero-order valence-corrected chi connectivity index (χ0v) is 7.22. The van der Waals surface area contributed by atoms with Gasteiger partial charge < -0.3 is 9.79 Å². The number of phosphoric acid groups is 1. The third-order valence-electron chi connectivity index (χ3n) is 0.814. The molecule has 0 aliphatic carbocycles. The molecule has 0 bridgehead atoms. The van der Waals surface area contributed by atoms with Crippen LogP contribution in [0.25, 0.3) is 0 Å². The van der Waals surface area contributed by atoms with E-state index in [4.69, 9.17) is 9.79 Å². The summed E-state index contributed by atoms with van der Waals surface area (Å²) in [6, 6.07) is 0. The van der Waals surface area contributed by atoms with Gasteiger partial charge in [0.25, 0.3) is 0 Å². The molecule has 2 N–H and O–H groups in total. The van der Waals surface area contributed by atoms with Gasteiger partial charge in [-0.1, -0.05) is 0 Å². The van der Waals surface area contributed by atoms with Crippen LogP contribution in [0, 0.1) is 0 Å². The standard InChI is InChI=1S/C4H8F3O5P/c5-4(6,7)11-2-1-3-12-13(8,9)10/h1-3H2,(H2,8,9,10). The second-order valence-electron chi connectivity index (χ2n) is 1.97. The van der Waals surface area contributed by atoms with Crippen molar-refractivity contribution in [1.29, 1.82) is 0 Å². The first-order valence-corrected chi connectivity index (χ1v) is 4.64. The Balaban J connectivity index is 3.33. The first-order chi connectivity index (χ1) is 5.71. The van der Waals surface area contributed by atoms with Gasteiger partial charge in [-0.15, -0.1) is 13.2 Å². The van der Waals surface area contributed by atoms with E-state index in [1.54, 1.807) is 0 Å². The molecule has 0 unspecified atom stereocenters. The van der Waals surface area contributed by atoms with Gasteiger partial charge in [0.1, 0.15) is 0 Å². The van der Waals surface area contributed by atoms with Crippen molar-refractivity contribution in [1.82, 2.24) is 0 Å². The van der Waals surface area contributed by atoms with Gasteiger partial charge in [0.2, 0.25) is 0 Å². The fraction of sp³-hybridized carbons (Fsp3) is 1.00. The summed E-state index contributed by atoms with van der Waals surface area (Å²) < 4.78 is 51.1. The number of halogens is 3. The molecular weight excluding hydrogens is 216 g/mol. The van der Waals surface area contributed by atoms with Crippen molar-refractivity contribution in [3.8, 4) is 0 Å². The van der Waals surface area contributed by atoms with Gasteiger partial charge in [-0.05, 0) is 6.42 Å². The lowest BCUT2D eigenvalue weighted by atomic mass is 10.5. The number of ether oxygens (including phenoxy) is 1. The van der Waals surface area contributed by atoms with Crippen molar-refractivity contribution in [2.75, 3.05) is 13.2 Å². The van der Waals surface area contributed by atoms with Crippen LogP contribution in [-0.2, 0) is 13.8 Å². The molecule has 0 aromatic heterocycles. The third-order valence-corrected chi connectivity index (χ3v) is 1.33. The van der Waals surface area contributed by atoms with E-state index in [0.29, 0.717) is 0 Å². The van der Waals surface area contributed by atoms with E-state index in [1.807, 2.05) is 0 Å². The predicted molar refractivity (Wildman–Crippen MR) is 34.6 cm³/mol. The highest BCUT2D eigenvalue weighted by atomic mass is 31.2. The summed E-state index contributed by atoms with van der Waals surface area (Å²) in [7, 11) is -4.58. The van der Waals surface area contributed by atoms with Gasteiger partial charge in [-0.25, -0.2) is 4.57 Å². The molecule has 0 rings (SSSR count). The summed E-state index contributed by atoms with van der Waals surface area (Å²) in [5.41, 5.74) is 0. The molecular formula is C4H8F3O5P. The molecule has 9 heteroatoms. The van der Waals surface area contributed by atoms with E-state index in [1.165, 1.54) is 0 Å². The number of hydrogen-bond acceptors (Lipinski definition) is 3. The second kappa shape index (κ2) is 4.92. The maximum atomic E-state index is 11.3. The molecule has 0 saturated heterocycles. The SMILES string of the molecule is O=P(O)(O)OCCCOC(F)(F)F. The van der Waals surface area contributed by atoms with Crippen LogP contribution in [0.1, 0.15) is 6.42 Å². The lowest BCUT2D eigenvalue weighted by Gasteiger charge is -2.07. The van der Waals surface area contributed by atoms with Gasteiger partial charge in [0, 0.05) is 0 Å². The van der Waals surface area contributed by atoms with Crippen LogP contribution in [0.3, 0.4) is 0 Å². The smallest absolute Gasteiger partial charge is 0.303 e. The number of hydrogen-bond donors (Lipinski definition) is 2. The highest BCUT2D eigenvalue weighted by molar-refractivity contribution is 7.46. The summed E-state index contributed by atoms with van der Waals surface area (Å²) in [6.07, 6.45) is -4.97. The van der Waals surface area contributed by atoms with Crippen molar-refractivity contribution >= 4 is 7.82 Å². The molecule has 0 aliphatic rings. The highest BCUT2D eigenvalue weighted by Crippen LogP contribution is 2.35. The van der Waals surface area contributed by atoms with Crippen molar-refractivity contribution in [3.05, 3.63) is 0 Å². The average Bonchev–Trinajstić information content (AvgIpc) is 1.81. The Morgan fingerprint density at radius 3 is 2.15 bits per heavy atom. The largest absolute Gasteiger partial charge is 0.522 e. The normalized spacial score (nSPS) is 13.3. The van der Waals surface area contributed by atoms with E-state index >= 15 is 0 Å². The maximum Gasteiger partial charge on any atom is 0.522 e. The van der Waals surface area contributed by atoms with E-state index in [0.717, 1.165) is 0 Å². The molecule has 0 aromatic carbocycles. The molecule has 0 aromatic rings. The van der Waals surface area contributed by atoms with E-state index < -0.39 is 27.4 Å². The minimum Gasteiger partial charge on any atom is -0.303 e. The molecule has 5 nitrogen and oxygen atoms in total. The molecule has 0 fully saturated rings. The minimum atomic E-state index is -4.72. The van der Waals surface area contributed by atoms with Crippen molar-refractivity contribution in [2.24, 2.45) is 0 Å². The monoisotopic (exact) mass is 224 g/mol. The Morgan fingerprint density at radius 2 is 1.77 bits per heavy atom. The quantitative estimate of drug-likeness (QED) is 0.538. The Kier molecular flexibility index (Phi) is 4.87. The molecule has 0 amide bonds. The summed E-state index contributed by atoms with van der Waals surface area (Å²) in [4.78, 5) is 16.2.